The summed E-state index contributed by atoms with van der Waals surface area (Å²) < 4.78 is 28.9. The summed E-state index contributed by atoms with van der Waals surface area (Å²) in [5.74, 6) is -1.14. The average molecular weight is 364 g/mol. The molecule has 1 N–H and O–H groups in total. The SMILES string of the molecule is Cc1c(S(=O)(=O)N2CCC[C@@H](C(=O)O)[C@H]2C)cnn1-c1ccccn1. The van der Waals surface area contributed by atoms with Gasteiger partial charge in [-0.1, -0.05) is 6.07 Å². The number of hydrogen-bond acceptors (Lipinski definition) is 5. The fourth-order valence-corrected chi connectivity index (χ4v) is 5.11. The lowest BCUT2D eigenvalue weighted by Crippen LogP contribution is -2.49. The first kappa shape index (κ1) is 17.6. The monoisotopic (exact) mass is 364 g/mol. The Morgan fingerprint density at radius 2 is 2.12 bits per heavy atom. The van der Waals surface area contributed by atoms with Gasteiger partial charge >= 0.3 is 5.97 Å². The number of sulfonamides is 1. The van der Waals surface area contributed by atoms with Crippen LogP contribution < -0.4 is 0 Å². The van der Waals surface area contributed by atoms with E-state index in [9.17, 15) is 18.3 Å². The number of rotatable bonds is 4. The Bertz CT molecular complexity index is 879. The molecule has 0 aliphatic carbocycles. The molecule has 1 saturated heterocycles. The van der Waals surface area contributed by atoms with Gasteiger partial charge in [-0.15, -0.1) is 0 Å². The highest BCUT2D eigenvalue weighted by atomic mass is 32.2. The molecule has 0 saturated carbocycles. The molecule has 9 heteroatoms. The zero-order valence-electron chi connectivity index (χ0n) is 14.0. The van der Waals surface area contributed by atoms with Gasteiger partial charge in [0.05, 0.1) is 17.8 Å². The lowest BCUT2D eigenvalue weighted by Gasteiger charge is -2.36. The van der Waals surface area contributed by atoms with E-state index in [1.54, 1.807) is 38.2 Å². The van der Waals surface area contributed by atoms with Crippen LogP contribution in [0.2, 0.25) is 0 Å². The topological polar surface area (TPSA) is 105 Å². The van der Waals surface area contributed by atoms with Gasteiger partial charge in [-0.2, -0.15) is 9.40 Å². The minimum Gasteiger partial charge on any atom is -0.481 e. The minimum absolute atomic E-state index is 0.0797. The number of hydrogen-bond donors (Lipinski definition) is 1. The summed E-state index contributed by atoms with van der Waals surface area (Å²) >= 11 is 0. The second kappa shape index (κ2) is 6.57. The molecule has 0 radical (unpaired) electrons. The molecule has 3 heterocycles. The lowest BCUT2D eigenvalue weighted by molar-refractivity contribution is -0.144. The van der Waals surface area contributed by atoms with Gasteiger partial charge in [-0.25, -0.2) is 18.1 Å². The molecule has 1 fully saturated rings. The van der Waals surface area contributed by atoms with Crippen LogP contribution in [0.15, 0.2) is 35.5 Å². The first-order valence-electron chi connectivity index (χ1n) is 8.04. The van der Waals surface area contributed by atoms with Crippen LogP contribution in [0, 0.1) is 12.8 Å². The Morgan fingerprint density at radius 3 is 2.76 bits per heavy atom. The predicted octanol–water partition coefficient (Wildman–Crippen LogP) is 1.45. The number of nitrogens with zero attached hydrogens (tertiary/aromatic N) is 4. The third-order valence-electron chi connectivity index (χ3n) is 4.67. The van der Waals surface area contributed by atoms with Crippen LogP contribution in [-0.4, -0.2) is 51.1 Å². The number of aromatic nitrogens is 3. The Morgan fingerprint density at radius 1 is 1.36 bits per heavy atom. The van der Waals surface area contributed by atoms with Gasteiger partial charge < -0.3 is 5.11 Å². The molecule has 0 aromatic carbocycles. The molecular weight excluding hydrogens is 344 g/mol. The Labute approximate surface area is 146 Å². The Balaban J connectivity index is 1.98. The maximum atomic E-state index is 13.1. The fourth-order valence-electron chi connectivity index (χ4n) is 3.27. The van der Waals surface area contributed by atoms with Crippen LogP contribution in [0.4, 0.5) is 0 Å². The standard InChI is InChI=1S/C16H20N4O4S/c1-11-13(16(21)22)6-5-9-19(11)25(23,24)14-10-18-20(12(14)2)15-7-3-4-8-17-15/h3-4,7-8,10-11,13H,5-6,9H2,1-2H3,(H,21,22)/t11-,13-/m1/s1. The molecule has 8 nitrogen and oxygen atoms in total. The molecule has 2 aromatic heterocycles. The van der Waals surface area contributed by atoms with Crippen molar-refractivity contribution in [3.63, 3.8) is 0 Å². The van der Waals surface area contributed by atoms with Gasteiger partial charge in [-0.3, -0.25) is 4.79 Å². The largest absolute Gasteiger partial charge is 0.481 e. The van der Waals surface area contributed by atoms with Crippen molar-refractivity contribution < 1.29 is 18.3 Å². The number of aliphatic carboxylic acids is 1. The molecule has 3 rings (SSSR count). The number of carboxylic acid groups (broad SMARTS) is 1. The zero-order chi connectivity index (χ0) is 18.2. The van der Waals surface area contributed by atoms with Gasteiger partial charge in [0.15, 0.2) is 5.82 Å². The number of carbonyl (C=O) groups is 1. The lowest BCUT2D eigenvalue weighted by atomic mass is 9.92. The van der Waals surface area contributed by atoms with E-state index in [4.69, 9.17) is 0 Å². The Hall–Kier alpha value is -2.26. The van der Waals surface area contributed by atoms with Crippen LogP contribution in [0.3, 0.4) is 0 Å². The summed E-state index contributed by atoms with van der Waals surface area (Å²) in [7, 11) is -3.84. The highest BCUT2D eigenvalue weighted by Crippen LogP contribution is 2.30. The normalized spacial score (nSPS) is 22.0. The van der Waals surface area contributed by atoms with Gasteiger partial charge in [0, 0.05) is 18.8 Å². The highest BCUT2D eigenvalue weighted by molar-refractivity contribution is 7.89. The smallest absolute Gasteiger partial charge is 0.308 e. The predicted molar refractivity (Wildman–Crippen MR) is 89.8 cm³/mol. The van der Waals surface area contributed by atoms with Gasteiger partial charge in [0.1, 0.15) is 4.90 Å². The molecule has 25 heavy (non-hydrogen) atoms. The molecule has 2 atom stereocenters. The molecule has 1 aliphatic rings. The summed E-state index contributed by atoms with van der Waals surface area (Å²) in [5, 5.41) is 13.5. The highest BCUT2D eigenvalue weighted by Gasteiger charge is 2.40. The van der Waals surface area contributed by atoms with Crippen LogP contribution in [0.25, 0.3) is 5.82 Å². The summed E-state index contributed by atoms with van der Waals surface area (Å²) in [6, 6.07) is 4.69. The third-order valence-corrected chi connectivity index (χ3v) is 6.75. The molecule has 0 amide bonds. The van der Waals surface area contributed by atoms with Crippen LogP contribution in [0.5, 0.6) is 0 Å². The van der Waals surface area contributed by atoms with E-state index >= 15 is 0 Å². The molecule has 0 bridgehead atoms. The van der Waals surface area contributed by atoms with Gasteiger partial charge in [-0.05, 0) is 38.8 Å². The zero-order valence-corrected chi connectivity index (χ0v) is 14.8. The van der Waals surface area contributed by atoms with Crippen molar-refractivity contribution in [2.75, 3.05) is 6.54 Å². The maximum absolute atomic E-state index is 13.1. The van der Waals surface area contributed by atoms with Crippen molar-refractivity contribution in [3.05, 3.63) is 36.3 Å². The first-order chi connectivity index (χ1) is 11.8. The second-order valence-corrected chi connectivity index (χ2v) is 8.00. The van der Waals surface area contributed by atoms with Crippen molar-refractivity contribution in [2.45, 2.75) is 37.6 Å². The van der Waals surface area contributed by atoms with E-state index in [0.29, 0.717) is 30.9 Å². The third kappa shape index (κ3) is 3.05. The van der Waals surface area contributed by atoms with Crippen molar-refractivity contribution in [3.8, 4) is 5.82 Å². The Kier molecular flexibility index (Phi) is 4.61. The molecule has 0 unspecified atom stereocenters. The van der Waals surface area contributed by atoms with E-state index < -0.39 is 28.0 Å². The van der Waals surface area contributed by atoms with E-state index in [0.717, 1.165) is 0 Å². The maximum Gasteiger partial charge on any atom is 0.308 e. The summed E-state index contributed by atoms with van der Waals surface area (Å²) in [6.07, 6.45) is 3.91. The van der Waals surface area contributed by atoms with E-state index in [1.165, 1.54) is 15.2 Å². The van der Waals surface area contributed by atoms with Crippen LogP contribution >= 0.6 is 0 Å². The van der Waals surface area contributed by atoms with Crippen LogP contribution in [0.1, 0.15) is 25.5 Å². The van der Waals surface area contributed by atoms with E-state index in [1.807, 2.05) is 0 Å². The van der Waals surface area contributed by atoms with Crippen molar-refractivity contribution in [2.24, 2.45) is 5.92 Å². The second-order valence-electron chi connectivity index (χ2n) is 6.14. The molecular formula is C16H20N4O4S. The number of piperidine rings is 1. The molecule has 2 aromatic rings. The number of carboxylic acids is 1. The quantitative estimate of drug-likeness (QED) is 0.880. The van der Waals surface area contributed by atoms with Gasteiger partial charge in [0.25, 0.3) is 0 Å². The summed E-state index contributed by atoms with van der Waals surface area (Å²) in [4.78, 5) is 15.6. The van der Waals surface area contributed by atoms with E-state index in [2.05, 4.69) is 10.1 Å². The first-order valence-corrected chi connectivity index (χ1v) is 9.48. The van der Waals surface area contributed by atoms with Gasteiger partial charge in [0.2, 0.25) is 10.0 Å². The van der Waals surface area contributed by atoms with E-state index in [-0.39, 0.29) is 4.90 Å². The average Bonchev–Trinajstić information content (AvgIpc) is 2.97. The van der Waals surface area contributed by atoms with Crippen LogP contribution in [-0.2, 0) is 14.8 Å². The minimum atomic E-state index is -3.84. The number of pyridine rings is 1. The summed E-state index contributed by atoms with van der Waals surface area (Å²) in [5.41, 5.74) is 0.448. The molecule has 0 spiro atoms. The van der Waals surface area contributed by atoms with Crippen molar-refractivity contribution >= 4 is 16.0 Å². The molecule has 1 aliphatic heterocycles. The van der Waals surface area contributed by atoms with Crippen molar-refractivity contribution in [1.82, 2.24) is 19.1 Å². The van der Waals surface area contributed by atoms with Crippen molar-refractivity contribution in [1.29, 1.82) is 0 Å². The summed E-state index contributed by atoms with van der Waals surface area (Å²) in [6.45, 7) is 3.62. The fraction of sp³-hybridized carbons (Fsp3) is 0.438. The molecule has 134 valence electrons.